The standard InChI is InChI=1S/C13H14F3NO2/c14-13(15,16)12(17)6-10(7-12)11(18)19-8-9-4-2-1-3-5-9/h1-5,10H,6-8,17H2. The zero-order valence-electron chi connectivity index (χ0n) is 10.1. The van der Waals surface area contributed by atoms with Crippen LogP contribution in [0, 0.1) is 5.92 Å². The number of alkyl halides is 3. The summed E-state index contributed by atoms with van der Waals surface area (Å²) in [5.41, 5.74) is 3.75. The van der Waals surface area contributed by atoms with Crippen LogP contribution in [0.15, 0.2) is 30.3 Å². The van der Waals surface area contributed by atoms with Crippen molar-refractivity contribution in [2.24, 2.45) is 11.7 Å². The van der Waals surface area contributed by atoms with Crippen molar-refractivity contribution in [2.45, 2.75) is 31.2 Å². The van der Waals surface area contributed by atoms with E-state index in [2.05, 4.69) is 0 Å². The predicted octanol–water partition coefficient (Wildman–Crippen LogP) is 2.40. The maximum absolute atomic E-state index is 12.5. The lowest BCUT2D eigenvalue weighted by molar-refractivity contribution is -0.221. The minimum Gasteiger partial charge on any atom is -0.461 e. The zero-order chi connectivity index (χ0) is 14.1. The summed E-state index contributed by atoms with van der Waals surface area (Å²) in [4.78, 5) is 11.6. The first-order chi connectivity index (χ1) is 8.82. The fourth-order valence-electron chi connectivity index (χ4n) is 2.06. The quantitative estimate of drug-likeness (QED) is 0.860. The number of ether oxygens (including phenoxy) is 1. The number of hydrogen-bond acceptors (Lipinski definition) is 3. The van der Waals surface area contributed by atoms with Gasteiger partial charge in [0.1, 0.15) is 12.1 Å². The molecule has 0 amide bonds. The smallest absolute Gasteiger partial charge is 0.406 e. The van der Waals surface area contributed by atoms with E-state index in [1.807, 2.05) is 6.07 Å². The molecule has 0 atom stereocenters. The van der Waals surface area contributed by atoms with Gasteiger partial charge >= 0.3 is 12.1 Å². The van der Waals surface area contributed by atoms with Gasteiger partial charge in [-0.2, -0.15) is 13.2 Å². The molecule has 1 aromatic rings. The van der Waals surface area contributed by atoms with E-state index in [0.717, 1.165) is 5.56 Å². The molecule has 0 saturated heterocycles. The third kappa shape index (κ3) is 2.89. The van der Waals surface area contributed by atoms with Crippen LogP contribution in [0.5, 0.6) is 0 Å². The SMILES string of the molecule is NC1(C(F)(F)F)CC(C(=O)OCc2ccccc2)C1. The second kappa shape index (κ2) is 4.85. The number of benzene rings is 1. The van der Waals surface area contributed by atoms with Crippen LogP contribution in [-0.4, -0.2) is 17.7 Å². The Morgan fingerprint density at radius 2 is 1.89 bits per heavy atom. The van der Waals surface area contributed by atoms with Crippen LogP contribution in [-0.2, 0) is 16.1 Å². The molecule has 0 radical (unpaired) electrons. The lowest BCUT2D eigenvalue weighted by atomic mass is 9.68. The second-order valence-corrected chi connectivity index (χ2v) is 4.85. The Morgan fingerprint density at radius 3 is 2.42 bits per heavy atom. The fourth-order valence-corrected chi connectivity index (χ4v) is 2.06. The maximum Gasteiger partial charge on any atom is 0.406 e. The van der Waals surface area contributed by atoms with Crippen molar-refractivity contribution >= 4 is 5.97 Å². The van der Waals surface area contributed by atoms with Crippen molar-refractivity contribution in [3.05, 3.63) is 35.9 Å². The highest BCUT2D eigenvalue weighted by molar-refractivity contribution is 5.74. The van der Waals surface area contributed by atoms with Gasteiger partial charge in [-0.3, -0.25) is 4.79 Å². The minimum atomic E-state index is -4.47. The number of carbonyl (C=O) groups is 1. The lowest BCUT2D eigenvalue weighted by Crippen LogP contribution is -2.63. The van der Waals surface area contributed by atoms with E-state index in [4.69, 9.17) is 10.5 Å². The highest BCUT2D eigenvalue weighted by Gasteiger charge is 2.61. The molecule has 6 heteroatoms. The molecular formula is C13H14F3NO2. The van der Waals surface area contributed by atoms with E-state index < -0.39 is 36.4 Å². The third-order valence-corrected chi connectivity index (χ3v) is 3.34. The molecule has 1 aliphatic carbocycles. The Bertz CT molecular complexity index is 453. The average molecular weight is 273 g/mol. The van der Waals surface area contributed by atoms with Crippen molar-refractivity contribution < 1.29 is 22.7 Å². The van der Waals surface area contributed by atoms with E-state index >= 15 is 0 Å². The highest BCUT2D eigenvalue weighted by atomic mass is 19.4. The fraction of sp³-hybridized carbons (Fsp3) is 0.462. The Balaban J connectivity index is 1.81. The van der Waals surface area contributed by atoms with Gasteiger partial charge in [0.15, 0.2) is 0 Å². The van der Waals surface area contributed by atoms with Gasteiger partial charge in [-0.05, 0) is 18.4 Å². The molecular weight excluding hydrogens is 259 g/mol. The van der Waals surface area contributed by atoms with Gasteiger partial charge in [-0.15, -0.1) is 0 Å². The minimum absolute atomic E-state index is 0.0692. The molecule has 0 aromatic heterocycles. The maximum atomic E-state index is 12.5. The molecule has 1 saturated carbocycles. The molecule has 0 spiro atoms. The Morgan fingerprint density at radius 1 is 1.32 bits per heavy atom. The number of halogens is 3. The molecule has 104 valence electrons. The Labute approximate surface area is 108 Å². The van der Waals surface area contributed by atoms with Crippen LogP contribution in [0.2, 0.25) is 0 Å². The second-order valence-electron chi connectivity index (χ2n) is 4.85. The number of nitrogens with two attached hydrogens (primary N) is 1. The first-order valence-electron chi connectivity index (χ1n) is 5.88. The first kappa shape index (κ1) is 13.9. The van der Waals surface area contributed by atoms with Gasteiger partial charge in [-0.25, -0.2) is 0 Å². The molecule has 1 aliphatic rings. The van der Waals surface area contributed by atoms with E-state index in [9.17, 15) is 18.0 Å². The number of hydrogen-bond donors (Lipinski definition) is 1. The average Bonchev–Trinajstić information content (AvgIpc) is 2.32. The van der Waals surface area contributed by atoms with Crippen LogP contribution in [0.4, 0.5) is 13.2 Å². The topological polar surface area (TPSA) is 52.3 Å². The van der Waals surface area contributed by atoms with Crippen molar-refractivity contribution in [2.75, 3.05) is 0 Å². The molecule has 0 heterocycles. The van der Waals surface area contributed by atoms with Crippen molar-refractivity contribution in [3.63, 3.8) is 0 Å². The summed E-state index contributed by atoms with van der Waals surface area (Å²) in [6.45, 7) is 0.0692. The molecule has 0 aliphatic heterocycles. The van der Waals surface area contributed by atoms with E-state index in [-0.39, 0.29) is 6.61 Å². The molecule has 2 N–H and O–H groups in total. The zero-order valence-corrected chi connectivity index (χ0v) is 10.1. The van der Waals surface area contributed by atoms with Crippen molar-refractivity contribution in [1.82, 2.24) is 0 Å². The summed E-state index contributed by atoms with van der Waals surface area (Å²) in [5.74, 6) is -1.37. The van der Waals surface area contributed by atoms with E-state index in [1.54, 1.807) is 24.3 Å². The summed E-state index contributed by atoms with van der Waals surface area (Å²) < 4.78 is 42.5. The summed E-state index contributed by atoms with van der Waals surface area (Å²) >= 11 is 0. The molecule has 3 nitrogen and oxygen atoms in total. The van der Waals surface area contributed by atoms with Crippen molar-refractivity contribution in [3.8, 4) is 0 Å². The van der Waals surface area contributed by atoms with E-state index in [0.29, 0.717) is 0 Å². The lowest BCUT2D eigenvalue weighted by Gasteiger charge is -2.44. The van der Waals surface area contributed by atoms with Crippen molar-refractivity contribution in [1.29, 1.82) is 0 Å². The molecule has 0 unspecified atom stereocenters. The summed E-state index contributed by atoms with van der Waals surface area (Å²) in [6, 6.07) is 8.96. The summed E-state index contributed by atoms with van der Waals surface area (Å²) in [7, 11) is 0. The van der Waals surface area contributed by atoms with Crippen LogP contribution in [0.25, 0.3) is 0 Å². The Hall–Kier alpha value is -1.56. The largest absolute Gasteiger partial charge is 0.461 e. The molecule has 1 fully saturated rings. The number of carbonyl (C=O) groups excluding carboxylic acids is 1. The molecule has 2 rings (SSSR count). The van der Waals surface area contributed by atoms with Gasteiger partial charge in [0, 0.05) is 0 Å². The summed E-state index contributed by atoms with van der Waals surface area (Å²) in [5, 5.41) is 0. The van der Waals surface area contributed by atoms with Gasteiger partial charge in [0.25, 0.3) is 0 Å². The summed E-state index contributed by atoms with van der Waals surface area (Å²) in [6.07, 6.45) is -5.27. The predicted molar refractivity (Wildman–Crippen MR) is 61.9 cm³/mol. The van der Waals surface area contributed by atoms with Gasteiger partial charge < -0.3 is 10.5 Å². The molecule has 1 aromatic carbocycles. The van der Waals surface area contributed by atoms with Gasteiger partial charge in [-0.1, -0.05) is 30.3 Å². The van der Waals surface area contributed by atoms with E-state index in [1.165, 1.54) is 0 Å². The van der Waals surface area contributed by atoms with Crippen LogP contribution >= 0.6 is 0 Å². The Kier molecular flexibility index (Phi) is 3.54. The highest BCUT2D eigenvalue weighted by Crippen LogP contribution is 2.47. The normalized spacial score (nSPS) is 26.6. The first-order valence-corrected chi connectivity index (χ1v) is 5.88. The molecule has 0 bridgehead atoms. The van der Waals surface area contributed by atoms with Crippen LogP contribution in [0.3, 0.4) is 0 Å². The van der Waals surface area contributed by atoms with Crippen LogP contribution < -0.4 is 5.73 Å². The van der Waals surface area contributed by atoms with Gasteiger partial charge in [0.2, 0.25) is 0 Å². The number of esters is 1. The van der Waals surface area contributed by atoms with Gasteiger partial charge in [0.05, 0.1) is 5.92 Å². The molecule has 19 heavy (non-hydrogen) atoms. The number of rotatable bonds is 3. The monoisotopic (exact) mass is 273 g/mol. The van der Waals surface area contributed by atoms with Crippen LogP contribution in [0.1, 0.15) is 18.4 Å². The third-order valence-electron chi connectivity index (χ3n) is 3.34.